The van der Waals surface area contributed by atoms with Crippen LogP contribution in [0.15, 0.2) is 29.8 Å². The van der Waals surface area contributed by atoms with Crippen molar-refractivity contribution in [3.8, 4) is 0 Å². The number of benzene rings is 1. The molecule has 1 heterocycles. The van der Waals surface area contributed by atoms with Gasteiger partial charge in [-0.3, -0.25) is 4.48 Å². The summed E-state index contributed by atoms with van der Waals surface area (Å²) in [4.78, 5) is 0. The van der Waals surface area contributed by atoms with E-state index >= 15 is 0 Å². The molecule has 1 aromatic rings. The number of rotatable bonds is 4. The van der Waals surface area contributed by atoms with E-state index < -0.39 is 0 Å². The zero-order chi connectivity index (χ0) is 16.8. The maximum absolute atomic E-state index is 6.35. The Morgan fingerprint density at radius 3 is 2.14 bits per heavy atom. The van der Waals surface area contributed by atoms with Gasteiger partial charge in [0.1, 0.15) is 16.8 Å². The van der Waals surface area contributed by atoms with E-state index in [9.17, 15) is 0 Å². The number of halogens is 2. The topological polar surface area (TPSA) is 0 Å². The van der Waals surface area contributed by atoms with Crippen LogP contribution in [0.3, 0.4) is 0 Å². The SMILES string of the molecule is CCCC[N+]1(c2ccc(Cl)c(Cl)c2)C(C)(C)C=C(C)C1(C)C. The van der Waals surface area contributed by atoms with Gasteiger partial charge in [-0.15, -0.1) is 0 Å². The highest BCUT2D eigenvalue weighted by Crippen LogP contribution is 2.51. The molecule has 0 spiro atoms. The van der Waals surface area contributed by atoms with E-state index in [0.717, 1.165) is 11.0 Å². The number of hydrogen-bond donors (Lipinski definition) is 0. The van der Waals surface area contributed by atoms with Crippen LogP contribution in [0, 0.1) is 0 Å². The normalized spacial score (nSPS) is 26.1. The van der Waals surface area contributed by atoms with Crippen LogP contribution in [0.1, 0.15) is 54.4 Å². The van der Waals surface area contributed by atoms with E-state index in [1.54, 1.807) is 0 Å². The molecule has 0 saturated carbocycles. The van der Waals surface area contributed by atoms with Gasteiger partial charge < -0.3 is 0 Å². The molecule has 0 aromatic heterocycles. The largest absolute Gasteiger partial charge is 0.276 e. The van der Waals surface area contributed by atoms with Gasteiger partial charge in [-0.1, -0.05) is 36.5 Å². The second-order valence-electron chi connectivity index (χ2n) is 7.53. The Hall–Kier alpha value is -0.500. The first-order chi connectivity index (χ1) is 10.1. The smallest absolute Gasteiger partial charge is 0.135 e. The van der Waals surface area contributed by atoms with Gasteiger partial charge in [-0.2, -0.15) is 0 Å². The fourth-order valence-electron chi connectivity index (χ4n) is 4.31. The van der Waals surface area contributed by atoms with Gasteiger partial charge in [-0.25, -0.2) is 0 Å². The first-order valence-electron chi connectivity index (χ1n) is 8.14. The van der Waals surface area contributed by atoms with E-state index in [0.29, 0.717) is 10.0 Å². The van der Waals surface area contributed by atoms with E-state index in [2.05, 4.69) is 59.8 Å². The van der Waals surface area contributed by atoms with Gasteiger partial charge in [0.25, 0.3) is 0 Å². The van der Waals surface area contributed by atoms with E-state index in [4.69, 9.17) is 23.2 Å². The summed E-state index contributed by atoms with van der Waals surface area (Å²) in [5, 5.41) is 1.27. The molecule has 0 saturated heterocycles. The van der Waals surface area contributed by atoms with Gasteiger partial charge in [0, 0.05) is 12.1 Å². The van der Waals surface area contributed by atoms with Crippen LogP contribution in [0.4, 0.5) is 5.69 Å². The molecule has 1 aromatic carbocycles. The minimum Gasteiger partial charge on any atom is -0.276 e. The molecule has 122 valence electrons. The van der Waals surface area contributed by atoms with Gasteiger partial charge >= 0.3 is 0 Å². The van der Waals surface area contributed by atoms with Crippen molar-refractivity contribution in [2.24, 2.45) is 0 Å². The van der Waals surface area contributed by atoms with Crippen molar-refractivity contribution in [3.05, 3.63) is 39.9 Å². The molecule has 1 atom stereocenters. The molecule has 1 aliphatic rings. The standard InChI is InChI=1S/C19H28Cl2N/c1-7-8-11-22(15-9-10-16(20)17(21)12-15)18(3,4)13-14(2)19(22,5)6/h9-10,12-13H,7-8,11H2,1-6H3/q+1. The molecule has 1 aliphatic heterocycles. The lowest BCUT2D eigenvalue weighted by atomic mass is 9.90. The maximum atomic E-state index is 6.35. The monoisotopic (exact) mass is 340 g/mol. The quantitative estimate of drug-likeness (QED) is 0.426. The Bertz CT molecular complexity index is 601. The van der Waals surface area contributed by atoms with Gasteiger partial charge in [-0.05, 0) is 58.8 Å². The number of unbranched alkanes of at least 4 members (excludes halogenated alkanes) is 1. The molecule has 1 unspecified atom stereocenters. The molecule has 0 amide bonds. The Kier molecular flexibility index (Phi) is 4.75. The molecular weight excluding hydrogens is 313 g/mol. The van der Waals surface area contributed by atoms with Crippen molar-refractivity contribution >= 4 is 28.9 Å². The number of quaternary nitrogens is 1. The van der Waals surface area contributed by atoms with Crippen LogP contribution in [0.2, 0.25) is 10.0 Å². The minimum absolute atomic E-state index is 0.0277. The van der Waals surface area contributed by atoms with Gasteiger partial charge in [0.15, 0.2) is 0 Å². The lowest BCUT2D eigenvalue weighted by Gasteiger charge is -2.54. The summed E-state index contributed by atoms with van der Waals surface area (Å²) in [7, 11) is 0. The Labute approximate surface area is 145 Å². The van der Waals surface area contributed by atoms with Crippen molar-refractivity contribution in [1.29, 1.82) is 0 Å². The zero-order valence-corrected chi connectivity index (χ0v) is 16.1. The van der Waals surface area contributed by atoms with Gasteiger partial charge in [0.2, 0.25) is 0 Å². The highest BCUT2D eigenvalue weighted by Gasteiger charge is 2.59. The van der Waals surface area contributed by atoms with Crippen molar-refractivity contribution in [1.82, 2.24) is 4.48 Å². The molecule has 0 bridgehead atoms. The van der Waals surface area contributed by atoms with E-state index in [-0.39, 0.29) is 11.1 Å². The van der Waals surface area contributed by atoms with E-state index in [1.807, 2.05) is 6.07 Å². The lowest BCUT2D eigenvalue weighted by Crippen LogP contribution is -2.69. The molecular formula is C19H28Cl2N+. The van der Waals surface area contributed by atoms with Gasteiger partial charge in [0.05, 0.1) is 16.6 Å². The molecule has 0 N–H and O–H groups in total. The van der Waals surface area contributed by atoms with E-state index in [1.165, 1.54) is 24.1 Å². The summed E-state index contributed by atoms with van der Waals surface area (Å²) >= 11 is 12.5. The highest BCUT2D eigenvalue weighted by molar-refractivity contribution is 6.42. The second kappa shape index (κ2) is 5.85. The molecule has 0 fully saturated rings. The first kappa shape index (κ1) is 17.8. The molecule has 1 nitrogen and oxygen atoms in total. The van der Waals surface area contributed by atoms with Crippen molar-refractivity contribution in [2.75, 3.05) is 6.54 Å². The van der Waals surface area contributed by atoms with Crippen molar-refractivity contribution in [2.45, 2.75) is 65.5 Å². The third kappa shape index (κ3) is 2.42. The average Bonchev–Trinajstić information content (AvgIpc) is 2.55. The zero-order valence-electron chi connectivity index (χ0n) is 14.6. The Morgan fingerprint density at radius 1 is 1.05 bits per heavy atom. The highest BCUT2D eigenvalue weighted by atomic mass is 35.5. The summed E-state index contributed by atoms with van der Waals surface area (Å²) < 4.78 is 0.899. The van der Waals surface area contributed by atoms with Crippen molar-refractivity contribution < 1.29 is 0 Å². The summed E-state index contributed by atoms with van der Waals surface area (Å²) in [6.07, 6.45) is 4.81. The number of nitrogens with zero attached hydrogens (tertiary/aromatic N) is 1. The average molecular weight is 341 g/mol. The fourth-order valence-corrected chi connectivity index (χ4v) is 4.60. The lowest BCUT2D eigenvalue weighted by molar-refractivity contribution is 0.0949. The first-order valence-corrected chi connectivity index (χ1v) is 8.89. The van der Waals surface area contributed by atoms with Crippen LogP contribution in [0.5, 0.6) is 0 Å². The van der Waals surface area contributed by atoms with Crippen LogP contribution in [-0.2, 0) is 0 Å². The molecule has 22 heavy (non-hydrogen) atoms. The summed E-state index contributed by atoms with van der Waals surface area (Å²) in [5.74, 6) is 0. The molecule has 2 rings (SSSR count). The molecule has 3 heteroatoms. The van der Waals surface area contributed by atoms with Crippen LogP contribution in [0.25, 0.3) is 0 Å². The maximum Gasteiger partial charge on any atom is 0.135 e. The second-order valence-corrected chi connectivity index (χ2v) is 8.34. The minimum atomic E-state index is 0.0277. The molecule has 0 aliphatic carbocycles. The summed E-state index contributed by atoms with van der Waals surface area (Å²) in [5.41, 5.74) is 2.76. The summed E-state index contributed by atoms with van der Waals surface area (Å²) in [6.45, 7) is 15.0. The third-order valence-corrected chi connectivity index (χ3v) is 6.40. The summed E-state index contributed by atoms with van der Waals surface area (Å²) in [6, 6.07) is 6.15. The van der Waals surface area contributed by atoms with Crippen molar-refractivity contribution in [3.63, 3.8) is 0 Å². The Balaban J connectivity index is 2.70. The molecule has 0 radical (unpaired) electrons. The fraction of sp³-hybridized carbons (Fsp3) is 0.579. The van der Waals surface area contributed by atoms with Crippen LogP contribution < -0.4 is 4.48 Å². The predicted octanol–water partition coefficient (Wildman–Crippen LogP) is 6.62. The third-order valence-electron chi connectivity index (χ3n) is 5.66. The van der Waals surface area contributed by atoms with Crippen LogP contribution in [-0.4, -0.2) is 17.6 Å². The predicted molar refractivity (Wildman–Crippen MR) is 99.9 cm³/mol. The Morgan fingerprint density at radius 2 is 1.68 bits per heavy atom. The number of hydrogen-bond acceptors (Lipinski definition) is 0. The van der Waals surface area contributed by atoms with Crippen LogP contribution >= 0.6 is 23.2 Å².